The van der Waals surface area contributed by atoms with Crippen LogP contribution in [-0.4, -0.2) is 39.3 Å². The molecule has 0 unspecified atom stereocenters. The Morgan fingerprint density at radius 2 is 1.92 bits per heavy atom. The monoisotopic (exact) mass is 354 g/mol. The Bertz CT molecular complexity index is 534. The molecule has 1 aliphatic heterocycles. The standard InChI is InChI=1S/C19H30N2O2.ClH/c1-15-7-5-6-8-16(15)18(2,3)13-21-17(22)19(14-23-4)9-11-20-12-10-19;/h5-8,20H,9-14H2,1-4H3,(H,21,22);1H. The molecule has 1 fully saturated rings. The van der Waals surface area contributed by atoms with E-state index in [0.29, 0.717) is 13.2 Å². The van der Waals surface area contributed by atoms with E-state index in [0.717, 1.165) is 25.9 Å². The molecular weight excluding hydrogens is 324 g/mol. The van der Waals surface area contributed by atoms with Crippen LogP contribution >= 0.6 is 12.4 Å². The van der Waals surface area contributed by atoms with Gasteiger partial charge < -0.3 is 15.4 Å². The van der Waals surface area contributed by atoms with Gasteiger partial charge in [-0.1, -0.05) is 38.1 Å². The number of halogens is 1. The smallest absolute Gasteiger partial charge is 0.228 e. The molecule has 0 saturated carbocycles. The molecule has 2 N–H and O–H groups in total. The zero-order valence-corrected chi connectivity index (χ0v) is 16.1. The summed E-state index contributed by atoms with van der Waals surface area (Å²) in [6.07, 6.45) is 1.66. The summed E-state index contributed by atoms with van der Waals surface area (Å²) in [7, 11) is 1.67. The molecule has 1 saturated heterocycles. The van der Waals surface area contributed by atoms with Crippen molar-refractivity contribution in [2.75, 3.05) is 33.4 Å². The highest BCUT2D eigenvalue weighted by atomic mass is 35.5. The molecule has 0 atom stereocenters. The van der Waals surface area contributed by atoms with Crippen molar-refractivity contribution in [3.8, 4) is 0 Å². The fourth-order valence-electron chi connectivity index (χ4n) is 3.53. The fourth-order valence-corrected chi connectivity index (χ4v) is 3.53. The predicted molar refractivity (Wildman–Crippen MR) is 101 cm³/mol. The van der Waals surface area contributed by atoms with Crippen LogP contribution in [0.4, 0.5) is 0 Å². The minimum Gasteiger partial charge on any atom is -0.384 e. The molecule has 5 heteroatoms. The number of aryl methyl sites for hydroxylation is 1. The van der Waals surface area contributed by atoms with Crippen molar-refractivity contribution in [2.45, 2.75) is 39.0 Å². The first-order valence-corrected chi connectivity index (χ1v) is 8.45. The molecule has 1 aliphatic rings. The summed E-state index contributed by atoms with van der Waals surface area (Å²) in [5.74, 6) is 0.127. The van der Waals surface area contributed by atoms with Crippen molar-refractivity contribution >= 4 is 18.3 Å². The second-order valence-corrected chi connectivity index (χ2v) is 7.34. The first kappa shape index (κ1) is 20.9. The Morgan fingerprint density at radius 1 is 1.29 bits per heavy atom. The summed E-state index contributed by atoms with van der Waals surface area (Å²) in [6.45, 7) is 9.36. The molecule has 0 bridgehead atoms. The van der Waals surface area contributed by atoms with Gasteiger partial charge in [0.1, 0.15) is 0 Å². The van der Waals surface area contributed by atoms with Crippen molar-refractivity contribution in [3.05, 3.63) is 35.4 Å². The van der Waals surface area contributed by atoms with Gasteiger partial charge in [0.15, 0.2) is 0 Å². The summed E-state index contributed by atoms with van der Waals surface area (Å²) in [6, 6.07) is 8.39. The number of amides is 1. The van der Waals surface area contributed by atoms with Crippen molar-refractivity contribution in [1.29, 1.82) is 0 Å². The molecule has 1 amide bonds. The number of benzene rings is 1. The third kappa shape index (κ3) is 4.71. The summed E-state index contributed by atoms with van der Waals surface area (Å²) in [4.78, 5) is 12.9. The fraction of sp³-hybridized carbons (Fsp3) is 0.632. The lowest BCUT2D eigenvalue weighted by Crippen LogP contribution is -2.52. The zero-order valence-electron chi connectivity index (χ0n) is 15.3. The highest BCUT2D eigenvalue weighted by Gasteiger charge is 2.40. The van der Waals surface area contributed by atoms with Gasteiger partial charge in [0.05, 0.1) is 12.0 Å². The van der Waals surface area contributed by atoms with Crippen LogP contribution in [0.15, 0.2) is 24.3 Å². The van der Waals surface area contributed by atoms with E-state index in [1.54, 1.807) is 7.11 Å². The molecule has 1 heterocycles. The average Bonchev–Trinajstić information content (AvgIpc) is 2.54. The van der Waals surface area contributed by atoms with E-state index in [-0.39, 0.29) is 29.1 Å². The number of hydrogen-bond acceptors (Lipinski definition) is 3. The van der Waals surface area contributed by atoms with E-state index in [2.05, 4.69) is 55.7 Å². The highest BCUT2D eigenvalue weighted by molar-refractivity contribution is 5.85. The van der Waals surface area contributed by atoms with Gasteiger partial charge >= 0.3 is 0 Å². The molecule has 0 spiro atoms. The summed E-state index contributed by atoms with van der Waals surface area (Å²) in [5.41, 5.74) is 2.07. The first-order chi connectivity index (χ1) is 10.9. The van der Waals surface area contributed by atoms with E-state index in [4.69, 9.17) is 4.74 Å². The average molecular weight is 355 g/mol. The summed E-state index contributed by atoms with van der Waals surface area (Å²) < 4.78 is 5.35. The topological polar surface area (TPSA) is 50.4 Å². The van der Waals surface area contributed by atoms with Gasteiger partial charge in [-0.15, -0.1) is 12.4 Å². The molecule has 24 heavy (non-hydrogen) atoms. The van der Waals surface area contributed by atoms with Crippen LogP contribution < -0.4 is 10.6 Å². The van der Waals surface area contributed by atoms with Crippen LogP contribution in [0.2, 0.25) is 0 Å². The Morgan fingerprint density at radius 3 is 2.50 bits per heavy atom. The van der Waals surface area contributed by atoms with Gasteiger partial charge in [0.25, 0.3) is 0 Å². The Kier molecular flexibility index (Phi) is 7.71. The SMILES string of the molecule is COCC1(C(=O)NCC(C)(C)c2ccccc2C)CCNCC1.Cl. The van der Waals surface area contributed by atoms with Gasteiger partial charge in [-0.25, -0.2) is 0 Å². The summed E-state index contributed by atoms with van der Waals surface area (Å²) >= 11 is 0. The van der Waals surface area contributed by atoms with Crippen molar-refractivity contribution in [1.82, 2.24) is 10.6 Å². The number of piperidine rings is 1. The third-order valence-electron chi connectivity index (χ3n) is 5.03. The zero-order chi connectivity index (χ0) is 16.9. The lowest BCUT2D eigenvalue weighted by molar-refractivity contribution is -0.136. The molecule has 136 valence electrons. The number of hydrogen-bond donors (Lipinski definition) is 2. The normalized spacial score (nSPS) is 17.0. The lowest BCUT2D eigenvalue weighted by Gasteiger charge is -2.37. The molecule has 0 aromatic heterocycles. The van der Waals surface area contributed by atoms with Gasteiger partial charge in [0.2, 0.25) is 5.91 Å². The van der Waals surface area contributed by atoms with E-state index < -0.39 is 0 Å². The largest absolute Gasteiger partial charge is 0.384 e. The summed E-state index contributed by atoms with van der Waals surface area (Å²) in [5, 5.41) is 6.52. The van der Waals surface area contributed by atoms with E-state index >= 15 is 0 Å². The van der Waals surface area contributed by atoms with Crippen LogP contribution in [0.3, 0.4) is 0 Å². The maximum atomic E-state index is 12.9. The van der Waals surface area contributed by atoms with Crippen LogP contribution in [0.1, 0.15) is 37.8 Å². The second kappa shape index (κ2) is 8.84. The number of ether oxygens (including phenoxy) is 1. The van der Waals surface area contributed by atoms with Crippen molar-refractivity contribution in [2.24, 2.45) is 5.41 Å². The van der Waals surface area contributed by atoms with Crippen LogP contribution in [0.5, 0.6) is 0 Å². The molecule has 1 aromatic rings. The number of carbonyl (C=O) groups excluding carboxylic acids is 1. The van der Waals surface area contributed by atoms with Gasteiger partial charge in [0, 0.05) is 19.1 Å². The molecule has 4 nitrogen and oxygen atoms in total. The van der Waals surface area contributed by atoms with Gasteiger partial charge in [-0.2, -0.15) is 0 Å². The van der Waals surface area contributed by atoms with Gasteiger partial charge in [-0.3, -0.25) is 4.79 Å². The van der Waals surface area contributed by atoms with Crippen molar-refractivity contribution < 1.29 is 9.53 Å². The Balaban J connectivity index is 0.00000288. The maximum Gasteiger partial charge on any atom is 0.228 e. The Hall–Kier alpha value is -1.10. The third-order valence-corrected chi connectivity index (χ3v) is 5.03. The predicted octanol–water partition coefficient (Wildman–Crippen LogP) is 2.83. The quantitative estimate of drug-likeness (QED) is 0.825. The van der Waals surface area contributed by atoms with Gasteiger partial charge in [-0.05, 0) is 44.0 Å². The molecule has 0 aliphatic carbocycles. The number of nitrogens with one attached hydrogen (secondary N) is 2. The van der Waals surface area contributed by atoms with E-state index in [9.17, 15) is 4.79 Å². The minimum absolute atomic E-state index is 0. The van der Waals surface area contributed by atoms with Crippen LogP contribution in [0, 0.1) is 12.3 Å². The lowest BCUT2D eigenvalue weighted by atomic mass is 9.77. The van der Waals surface area contributed by atoms with E-state index in [1.165, 1.54) is 11.1 Å². The number of rotatable bonds is 6. The minimum atomic E-state index is -0.387. The molecular formula is C19H31ClN2O2. The first-order valence-electron chi connectivity index (χ1n) is 8.45. The highest BCUT2D eigenvalue weighted by Crippen LogP contribution is 2.30. The molecule has 1 aromatic carbocycles. The maximum absolute atomic E-state index is 12.9. The van der Waals surface area contributed by atoms with Crippen molar-refractivity contribution in [3.63, 3.8) is 0 Å². The molecule has 0 radical (unpaired) electrons. The number of methoxy groups -OCH3 is 1. The van der Waals surface area contributed by atoms with Crippen LogP contribution in [-0.2, 0) is 14.9 Å². The Labute approximate surface area is 152 Å². The second-order valence-electron chi connectivity index (χ2n) is 7.34. The molecule has 2 rings (SSSR count). The number of carbonyl (C=O) groups is 1. The van der Waals surface area contributed by atoms with E-state index in [1.807, 2.05) is 0 Å². The van der Waals surface area contributed by atoms with Crippen LogP contribution in [0.25, 0.3) is 0 Å².